The molecule has 0 aliphatic carbocycles. The summed E-state index contributed by atoms with van der Waals surface area (Å²) in [5, 5.41) is 0. The molecule has 1 aromatic carbocycles. The van der Waals surface area contributed by atoms with Crippen LogP contribution in [0.4, 0.5) is 0 Å². The van der Waals surface area contributed by atoms with E-state index in [9.17, 15) is 8.42 Å². The van der Waals surface area contributed by atoms with Gasteiger partial charge < -0.3 is 9.47 Å². The average Bonchev–Trinajstić information content (AvgIpc) is 2.47. The van der Waals surface area contributed by atoms with E-state index in [1.165, 1.54) is 0 Å². The molecular formula is C15H18O4S. The Bertz CT molecular complexity index is 619. The Morgan fingerprint density at radius 2 is 1.95 bits per heavy atom. The van der Waals surface area contributed by atoms with Crippen LogP contribution in [0.3, 0.4) is 0 Å². The van der Waals surface area contributed by atoms with E-state index in [0.29, 0.717) is 28.6 Å². The van der Waals surface area contributed by atoms with Crippen molar-refractivity contribution < 1.29 is 17.9 Å². The third-order valence-corrected chi connectivity index (χ3v) is 5.89. The summed E-state index contributed by atoms with van der Waals surface area (Å²) in [6, 6.07) is 8.53. The van der Waals surface area contributed by atoms with Gasteiger partial charge >= 0.3 is 0 Å². The lowest BCUT2D eigenvalue weighted by atomic mass is 9.94. The van der Waals surface area contributed by atoms with Gasteiger partial charge in [0.05, 0.1) is 16.4 Å². The molecule has 0 amide bonds. The largest absolute Gasteiger partial charge is 0.468 e. The van der Waals surface area contributed by atoms with Crippen LogP contribution in [0.5, 0.6) is 0 Å². The summed E-state index contributed by atoms with van der Waals surface area (Å²) in [7, 11) is -3.46. The summed E-state index contributed by atoms with van der Waals surface area (Å²) in [6.45, 7) is 2.40. The number of sulfone groups is 1. The highest BCUT2D eigenvalue weighted by Gasteiger charge is 2.38. The van der Waals surface area contributed by atoms with Crippen LogP contribution in [0.25, 0.3) is 0 Å². The molecule has 4 nitrogen and oxygen atoms in total. The van der Waals surface area contributed by atoms with Gasteiger partial charge in [0, 0.05) is 5.92 Å². The van der Waals surface area contributed by atoms with E-state index < -0.39 is 9.84 Å². The number of benzene rings is 1. The number of hydrogen-bond acceptors (Lipinski definition) is 4. The van der Waals surface area contributed by atoms with E-state index >= 15 is 0 Å². The van der Waals surface area contributed by atoms with E-state index in [1.54, 1.807) is 31.2 Å². The van der Waals surface area contributed by atoms with Crippen molar-refractivity contribution in [2.75, 3.05) is 6.61 Å². The number of rotatable bonds is 2. The second kappa shape index (κ2) is 5.22. The molecule has 3 rings (SSSR count). The van der Waals surface area contributed by atoms with Gasteiger partial charge in [-0.3, -0.25) is 0 Å². The first-order chi connectivity index (χ1) is 9.59. The molecule has 1 aromatic rings. The standard InChI is InChI=1S/C15H18O4S/c1-11-14(10-12-6-5-9-18-15(12)19-11)20(16,17)13-7-3-2-4-8-13/h2-4,7-8,12,15H,5-6,9-10H2,1H3. The summed E-state index contributed by atoms with van der Waals surface area (Å²) in [6.07, 6.45) is 2.14. The summed E-state index contributed by atoms with van der Waals surface area (Å²) >= 11 is 0. The van der Waals surface area contributed by atoms with E-state index in [2.05, 4.69) is 0 Å². The molecule has 0 aromatic heterocycles. The second-order valence-electron chi connectivity index (χ2n) is 5.26. The molecular weight excluding hydrogens is 276 g/mol. The first-order valence-corrected chi connectivity index (χ1v) is 8.35. The van der Waals surface area contributed by atoms with Crippen LogP contribution in [0.1, 0.15) is 26.2 Å². The van der Waals surface area contributed by atoms with Crippen molar-refractivity contribution in [3.05, 3.63) is 41.0 Å². The molecule has 108 valence electrons. The zero-order valence-electron chi connectivity index (χ0n) is 11.4. The van der Waals surface area contributed by atoms with Gasteiger partial charge in [-0.05, 0) is 38.3 Å². The highest BCUT2D eigenvalue weighted by atomic mass is 32.2. The minimum atomic E-state index is -3.46. The fraction of sp³-hybridized carbons (Fsp3) is 0.467. The van der Waals surface area contributed by atoms with Crippen LogP contribution in [0, 0.1) is 5.92 Å². The molecule has 2 aliphatic rings. The van der Waals surface area contributed by atoms with Crippen LogP contribution in [0.15, 0.2) is 45.9 Å². The maximum atomic E-state index is 12.7. The highest BCUT2D eigenvalue weighted by Crippen LogP contribution is 2.38. The zero-order chi connectivity index (χ0) is 14.2. The number of fused-ring (bicyclic) bond motifs is 1. The first-order valence-electron chi connectivity index (χ1n) is 6.87. The molecule has 2 atom stereocenters. The van der Waals surface area contributed by atoms with Crippen LogP contribution in [0.2, 0.25) is 0 Å². The van der Waals surface area contributed by atoms with Crippen LogP contribution < -0.4 is 0 Å². The Morgan fingerprint density at radius 1 is 1.20 bits per heavy atom. The van der Waals surface area contributed by atoms with Crippen molar-refractivity contribution in [1.29, 1.82) is 0 Å². The number of hydrogen-bond donors (Lipinski definition) is 0. The molecule has 5 heteroatoms. The third-order valence-electron chi connectivity index (χ3n) is 3.90. The van der Waals surface area contributed by atoms with Crippen LogP contribution in [-0.4, -0.2) is 21.3 Å². The molecule has 2 unspecified atom stereocenters. The fourth-order valence-corrected chi connectivity index (χ4v) is 4.47. The topological polar surface area (TPSA) is 52.6 Å². The summed E-state index contributed by atoms with van der Waals surface area (Å²) in [5.74, 6) is 0.609. The molecule has 2 aliphatic heterocycles. The van der Waals surface area contributed by atoms with Gasteiger partial charge in [0.15, 0.2) is 0 Å². The first kappa shape index (κ1) is 13.6. The van der Waals surface area contributed by atoms with Gasteiger partial charge in [-0.2, -0.15) is 0 Å². The molecule has 0 bridgehead atoms. The molecule has 2 heterocycles. The Kier molecular flexibility index (Phi) is 3.56. The lowest BCUT2D eigenvalue weighted by molar-refractivity contribution is -0.178. The van der Waals surface area contributed by atoms with Gasteiger partial charge in [0.2, 0.25) is 16.1 Å². The van der Waals surface area contributed by atoms with Gasteiger partial charge in [-0.25, -0.2) is 8.42 Å². The number of ether oxygens (including phenoxy) is 2. The molecule has 1 fully saturated rings. The predicted octanol–water partition coefficient (Wildman–Crippen LogP) is 2.86. The Labute approximate surface area is 119 Å². The quantitative estimate of drug-likeness (QED) is 0.841. The number of allylic oxidation sites excluding steroid dienone is 2. The molecule has 0 radical (unpaired) electrons. The van der Waals surface area contributed by atoms with E-state index in [1.807, 2.05) is 6.07 Å². The van der Waals surface area contributed by atoms with Crippen molar-refractivity contribution in [2.24, 2.45) is 5.92 Å². The maximum Gasteiger partial charge on any atom is 0.206 e. The highest BCUT2D eigenvalue weighted by molar-refractivity contribution is 7.95. The van der Waals surface area contributed by atoms with Crippen molar-refractivity contribution in [3.8, 4) is 0 Å². The second-order valence-corrected chi connectivity index (χ2v) is 7.23. The minimum Gasteiger partial charge on any atom is -0.468 e. The maximum absolute atomic E-state index is 12.7. The summed E-state index contributed by atoms with van der Waals surface area (Å²) in [4.78, 5) is 0.726. The van der Waals surface area contributed by atoms with Gasteiger partial charge in [-0.15, -0.1) is 0 Å². The summed E-state index contributed by atoms with van der Waals surface area (Å²) in [5.41, 5.74) is 0. The third kappa shape index (κ3) is 2.36. The lowest BCUT2D eigenvalue weighted by Crippen LogP contribution is -2.36. The lowest BCUT2D eigenvalue weighted by Gasteiger charge is -2.36. The Morgan fingerprint density at radius 3 is 2.70 bits per heavy atom. The van der Waals surface area contributed by atoms with Crippen molar-refractivity contribution >= 4 is 9.84 Å². The van der Waals surface area contributed by atoms with Crippen molar-refractivity contribution in [2.45, 2.75) is 37.4 Å². The van der Waals surface area contributed by atoms with Gasteiger partial charge in [-0.1, -0.05) is 18.2 Å². The summed E-state index contributed by atoms with van der Waals surface area (Å²) < 4.78 is 36.6. The zero-order valence-corrected chi connectivity index (χ0v) is 12.2. The Balaban J connectivity index is 1.97. The monoisotopic (exact) mass is 294 g/mol. The van der Waals surface area contributed by atoms with E-state index in [0.717, 1.165) is 12.8 Å². The molecule has 0 N–H and O–H groups in total. The fourth-order valence-electron chi connectivity index (χ4n) is 2.81. The Hall–Kier alpha value is -1.33. The molecule has 0 saturated carbocycles. The van der Waals surface area contributed by atoms with Crippen molar-refractivity contribution in [1.82, 2.24) is 0 Å². The van der Waals surface area contributed by atoms with Gasteiger partial charge in [0.25, 0.3) is 0 Å². The smallest absolute Gasteiger partial charge is 0.206 e. The molecule has 1 saturated heterocycles. The van der Waals surface area contributed by atoms with Crippen molar-refractivity contribution in [3.63, 3.8) is 0 Å². The van der Waals surface area contributed by atoms with E-state index in [-0.39, 0.29) is 12.2 Å². The molecule has 20 heavy (non-hydrogen) atoms. The van der Waals surface area contributed by atoms with E-state index in [4.69, 9.17) is 9.47 Å². The van der Waals surface area contributed by atoms with Crippen LogP contribution >= 0.6 is 0 Å². The minimum absolute atomic E-state index is 0.140. The predicted molar refractivity (Wildman–Crippen MR) is 74.5 cm³/mol. The van der Waals surface area contributed by atoms with Gasteiger partial charge in [0.1, 0.15) is 5.76 Å². The average molecular weight is 294 g/mol. The molecule has 0 spiro atoms. The SMILES string of the molecule is CC1=C(S(=O)(=O)c2ccccc2)CC2CCCOC2O1. The normalized spacial score (nSPS) is 26.9. The van der Waals surface area contributed by atoms with Crippen LogP contribution in [-0.2, 0) is 19.3 Å².